The third-order valence-corrected chi connectivity index (χ3v) is 2.98. The lowest BCUT2D eigenvalue weighted by atomic mass is 10.2. The van der Waals surface area contributed by atoms with Gasteiger partial charge in [0.25, 0.3) is 0 Å². The summed E-state index contributed by atoms with van der Waals surface area (Å²) in [5.41, 5.74) is 6.41. The molecule has 0 fully saturated rings. The summed E-state index contributed by atoms with van der Waals surface area (Å²) in [5.74, 6) is 0.0529. The molecule has 1 aromatic heterocycles. The molecule has 1 aromatic carbocycles. The summed E-state index contributed by atoms with van der Waals surface area (Å²) < 4.78 is 7.74. The van der Waals surface area contributed by atoms with Gasteiger partial charge in [0.15, 0.2) is 0 Å². The highest BCUT2D eigenvalue weighted by atomic mass is 127. The fraction of sp³-hybridized carbons (Fsp3) is 0.167. The molecule has 2 N–H and O–H groups in total. The van der Waals surface area contributed by atoms with Crippen molar-refractivity contribution in [3.05, 3.63) is 45.7 Å². The van der Waals surface area contributed by atoms with Crippen molar-refractivity contribution in [3.8, 4) is 0 Å². The van der Waals surface area contributed by atoms with Crippen LogP contribution in [0.3, 0.4) is 0 Å². The average molecular weight is 357 g/mol. The Bertz CT molecular complexity index is 537. The molecule has 0 radical (unpaired) electrons. The van der Waals surface area contributed by atoms with Gasteiger partial charge in [0.05, 0.1) is 0 Å². The Balaban J connectivity index is 1.83. The van der Waals surface area contributed by atoms with Gasteiger partial charge in [-0.1, -0.05) is 12.1 Å². The lowest BCUT2D eigenvalue weighted by Gasteiger charge is -2.05. The van der Waals surface area contributed by atoms with Crippen LogP contribution in [-0.4, -0.2) is 15.7 Å². The van der Waals surface area contributed by atoms with E-state index in [0.717, 1.165) is 9.13 Å². The van der Waals surface area contributed by atoms with E-state index in [1.165, 1.54) is 4.68 Å². The standard InChI is InChI=1S/C12H12IN3O2/c13-10-3-1-9(2-4-10)8-18-12(17)7-16-6-5-11(14)15-16/h1-6H,7-8H2,(H2,14,15). The Morgan fingerprint density at radius 3 is 2.67 bits per heavy atom. The molecule has 2 aromatic rings. The number of nitrogens with two attached hydrogens (primary N) is 1. The van der Waals surface area contributed by atoms with Gasteiger partial charge in [0.2, 0.25) is 0 Å². The second-order valence-electron chi connectivity index (χ2n) is 3.73. The van der Waals surface area contributed by atoms with Gasteiger partial charge in [-0.25, -0.2) is 0 Å². The third kappa shape index (κ3) is 3.73. The van der Waals surface area contributed by atoms with Crippen molar-refractivity contribution < 1.29 is 9.53 Å². The lowest BCUT2D eigenvalue weighted by Crippen LogP contribution is -2.14. The zero-order valence-corrected chi connectivity index (χ0v) is 11.7. The van der Waals surface area contributed by atoms with E-state index in [-0.39, 0.29) is 19.1 Å². The van der Waals surface area contributed by atoms with Crippen LogP contribution in [0.15, 0.2) is 36.5 Å². The summed E-state index contributed by atoms with van der Waals surface area (Å²) in [6.45, 7) is 0.341. The van der Waals surface area contributed by atoms with Crippen LogP contribution in [0.5, 0.6) is 0 Å². The number of carbonyl (C=O) groups is 1. The minimum Gasteiger partial charge on any atom is -0.459 e. The number of nitrogens with zero attached hydrogens (tertiary/aromatic N) is 2. The third-order valence-electron chi connectivity index (χ3n) is 2.27. The molecular formula is C12H12IN3O2. The number of rotatable bonds is 4. The Morgan fingerprint density at radius 2 is 2.06 bits per heavy atom. The van der Waals surface area contributed by atoms with Crippen molar-refractivity contribution >= 4 is 34.4 Å². The quantitative estimate of drug-likeness (QED) is 0.669. The molecule has 0 spiro atoms. The molecule has 94 valence electrons. The smallest absolute Gasteiger partial charge is 0.328 e. The summed E-state index contributed by atoms with van der Waals surface area (Å²) in [6, 6.07) is 9.43. The number of hydrogen-bond acceptors (Lipinski definition) is 4. The Hall–Kier alpha value is -1.57. The number of aromatic nitrogens is 2. The zero-order chi connectivity index (χ0) is 13.0. The number of esters is 1. The Morgan fingerprint density at radius 1 is 1.33 bits per heavy atom. The molecule has 0 unspecified atom stereocenters. The van der Waals surface area contributed by atoms with E-state index in [1.54, 1.807) is 12.3 Å². The first kappa shape index (κ1) is 12.9. The summed E-state index contributed by atoms with van der Waals surface area (Å²) >= 11 is 2.22. The van der Waals surface area contributed by atoms with Crippen molar-refractivity contribution in [3.63, 3.8) is 0 Å². The summed E-state index contributed by atoms with van der Waals surface area (Å²) in [7, 11) is 0. The normalized spacial score (nSPS) is 10.3. The number of carbonyl (C=O) groups excluding carboxylic acids is 1. The van der Waals surface area contributed by atoms with E-state index in [2.05, 4.69) is 27.7 Å². The molecule has 6 heteroatoms. The van der Waals surface area contributed by atoms with E-state index >= 15 is 0 Å². The van der Waals surface area contributed by atoms with E-state index in [9.17, 15) is 4.79 Å². The number of hydrogen-bond donors (Lipinski definition) is 1. The van der Waals surface area contributed by atoms with Gasteiger partial charge in [-0.3, -0.25) is 9.48 Å². The van der Waals surface area contributed by atoms with E-state index in [0.29, 0.717) is 5.82 Å². The molecule has 18 heavy (non-hydrogen) atoms. The SMILES string of the molecule is Nc1ccn(CC(=O)OCc2ccc(I)cc2)n1. The summed E-state index contributed by atoms with van der Waals surface area (Å²) in [5, 5.41) is 3.91. The molecule has 0 atom stereocenters. The molecule has 0 aliphatic rings. The monoisotopic (exact) mass is 357 g/mol. The highest BCUT2D eigenvalue weighted by Gasteiger charge is 2.05. The number of anilines is 1. The van der Waals surface area contributed by atoms with Crippen molar-refractivity contribution in [2.45, 2.75) is 13.2 Å². The first-order chi connectivity index (χ1) is 8.63. The van der Waals surface area contributed by atoms with Crippen LogP contribution in [-0.2, 0) is 22.7 Å². The van der Waals surface area contributed by atoms with Crippen molar-refractivity contribution in [2.24, 2.45) is 0 Å². The molecule has 0 saturated carbocycles. The van der Waals surface area contributed by atoms with Crippen LogP contribution in [0.1, 0.15) is 5.56 Å². The van der Waals surface area contributed by atoms with Gasteiger partial charge in [0, 0.05) is 9.77 Å². The molecule has 0 aliphatic heterocycles. The first-order valence-electron chi connectivity index (χ1n) is 5.32. The zero-order valence-electron chi connectivity index (χ0n) is 9.54. The molecule has 0 saturated heterocycles. The van der Waals surface area contributed by atoms with Crippen LogP contribution >= 0.6 is 22.6 Å². The number of nitrogen functional groups attached to an aromatic ring is 1. The van der Waals surface area contributed by atoms with Crippen LogP contribution in [0.25, 0.3) is 0 Å². The maximum Gasteiger partial charge on any atom is 0.328 e. The molecule has 2 rings (SSSR count). The highest BCUT2D eigenvalue weighted by molar-refractivity contribution is 14.1. The molecule has 0 aliphatic carbocycles. The van der Waals surface area contributed by atoms with Crippen LogP contribution < -0.4 is 5.73 Å². The lowest BCUT2D eigenvalue weighted by molar-refractivity contribution is -0.145. The predicted molar refractivity (Wildman–Crippen MR) is 75.6 cm³/mol. The predicted octanol–water partition coefficient (Wildman–Crippen LogP) is 1.81. The second-order valence-corrected chi connectivity index (χ2v) is 4.97. The maximum absolute atomic E-state index is 11.5. The maximum atomic E-state index is 11.5. The van der Waals surface area contributed by atoms with Gasteiger partial charge < -0.3 is 10.5 Å². The van der Waals surface area contributed by atoms with Crippen molar-refractivity contribution in [1.82, 2.24) is 9.78 Å². The number of ether oxygens (including phenoxy) is 1. The van der Waals surface area contributed by atoms with E-state index in [1.807, 2.05) is 24.3 Å². The van der Waals surface area contributed by atoms with Crippen LogP contribution in [0.2, 0.25) is 0 Å². The molecular weight excluding hydrogens is 345 g/mol. The van der Waals surface area contributed by atoms with E-state index in [4.69, 9.17) is 10.5 Å². The topological polar surface area (TPSA) is 70.1 Å². The summed E-state index contributed by atoms with van der Waals surface area (Å²) in [6.07, 6.45) is 1.64. The number of halogens is 1. The van der Waals surface area contributed by atoms with Gasteiger partial charge in [-0.05, 0) is 46.4 Å². The second kappa shape index (κ2) is 5.85. The van der Waals surface area contributed by atoms with Crippen LogP contribution in [0, 0.1) is 3.57 Å². The first-order valence-corrected chi connectivity index (χ1v) is 6.40. The molecule has 0 amide bonds. The molecule has 5 nitrogen and oxygen atoms in total. The highest BCUT2D eigenvalue weighted by Crippen LogP contribution is 2.08. The van der Waals surface area contributed by atoms with Gasteiger partial charge in [-0.2, -0.15) is 5.10 Å². The minimum absolute atomic E-state index is 0.0710. The van der Waals surface area contributed by atoms with Gasteiger partial charge >= 0.3 is 5.97 Å². The Labute approximate surface area is 118 Å². The van der Waals surface area contributed by atoms with Crippen LogP contribution in [0.4, 0.5) is 5.82 Å². The van der Waals surface area contributed by atoms with Crippen molar-refractivity contribution in [1.29, 1.82) is 0 Å². The van der Waals surface area contributed by atoms with E-state index < -0.39 is 0 Å². The van der Waals surface area contributed by atoms with Gasteiger partial charge in [-0.15, -0.1) is 0 Å². The largest absolute Gasteiger partial charge is 0.459 e. The molecule has 1 heterocycles. The number of benzene rings is 1. The minimum atomic E-state index is -0.336. The fourth-order valence-electron chi connectivity index (χ4n) is 1.39. The average Bonchev–Trinajstić information content (AvgIpc) is 2.74. The van der Waals surface area contributed by atoms with Crippen molar-refractivity contribution in [2.75, 3.05) is 5.73 Å². The fourth-order valence-corrected chi connectivity index (χ4v) is 1.75. The molecule has 0 bridgehead atoms. The summed E-state index contributed by atoms with van der Waals surface area (Å²) in [4.78, 5) is 11.5. The van der Waals surface area contributed by atoms with Gasteiger partial charge in [0.1, 0.15) is 19.0 Å². The Kier molecular flexibility index (Phi) is 4.19.